The molecule has 1 aromatic rings. The molecule has 2 aliphatic heterocycles. The van der Waals surface area contributed by atoms with Gasteiger partial charge in [-0.3, -0.25) is 9.59 Å². The molecule has 3 N–H and O–H groups in total. The zero-order chi connectivity index (χ0) is 21.9. The van der Waals surface area contributed by atoms with Crippen LogP contribution in [0.1, 0.15) is 32.3 Å². The van der Waals surface area contributed by atoms with Gasteiger partial charge in [0.1, 0.15) is 12.6 Å². The molecule has 3 rings (SSSR count). The van der Waals surface area contributed by atoms with E-state index in [2.05, 4.69) is 5.32 Å². The summed E-state index contributed by atoms with van der Waals surface area (Å²) >= 11 is 0. The third-order valence-corrected chi connectivity index (χ3v) is 4.14. The van der Waals surface area contributed by atoms with E-state index in [4.69, 9.17) is 29.4 Å². The molecule has 0 aromatic heterocycles. The van der Waals surface area contributed by atoms with Crippen LogP contribution in [0.2, 0.25) is 0 Å². The Morgan fingerprint density at radius 3 is 2.23 bits per heavy atom. The van der Waals surface area contributed by atoms with E-state index in [0.29, 0.717) is 13.2 Å². The molecule has 0 saturated carbocycles. The molecule has 30 heavy (non-hydrogen) atoms. The van der Waals surface area contributed by atoms with Crippen molar-refractivity contribution in [1.82, 2.24) is 5.32 Å². The molecule has 166 valence electrons. The van der Waals surface area contributed by atoms with Crippen molar-refractivity contribution in [2.75, 3.05) is 13.2 Å². The Bertz CT molecular complexity index is 699. The minimum absolute atomic E-state index is 0.0884. The molecule has 2 fully saturated rings. The van der Waals surface area contributed by atoms with E-state index in [9.17, 15) is 14.4 Å². The Labute approximate surface area is 174 Å². The average molecular weight is 424 g/mol. The second-order valence-electron chi connectivity index (χ2n) is 6.51. The number of amides is 1. The summed E-state index contributed by atoms with van der Waals surface area (Å²) in [6, 6.07) is 8.55. The summed E-state index contributed by atoms with van der Waals surface area (Å²) in [5, 5.41) is 2.58. The first kappa shape index (κ1) is 23.6. The van der Waals surface area contributed by atoms with Crippen molar-refractivity contribution in [3.63, 3.8) is 0 Å². The van der Waals surface area contributed by atoms with Crippen LogP contribution in [0.5, 0.6) is 0 Å². The fourth-order valence-electron chi connectivity index (χ4n) is 2.76. The number of hydrogen-bond acceptors (Lipinski definition) is 9. The molecule has 2 saturated heterocycles. The summed E-state index contributed by atoms with van der Waals surface area (Å²) in [5.41, 5.74) is 6.38. The van der Waals surface area contributed by atoms with Crippen LogP contribution in [0, 0.1) is 0 Å². The minimum Gasteiger partial charge on any atom is -0.445 e. The van der Waals surface area contributed by atoms with Crippen LogP contribution >= 0.6 is 0 Å². The van der Waals surface area contributed by atoms with Gasteiger partial charge in [-0.05, 0) is 19.4 Å². The van der Waals surface area contributed by atoms with E-state index < -0.39 is 30.7 Å². The van der Waals surface area contributed by atoms with Gasteiger partial charge in [-0.2, -0.15) is 0 Å². The molecule has 0 bridgehead atoms. The van der Waals surface area contributed by atoms with Crippen molar-refractivity contribution in [3.8, 4) is 0 Å². The standard InChI is InChI=1S/C14H17NO5.C6H11NO3/c1-2-18-13-11(8-12(16)20-13)15-14(17)19-9-10-6-4-3-5-7-10;1-2-9-6-4(7)3-5(8)10-6/h3-7,11,13H,2,8-9H2,1H3,(H,15,17);4,6H,2-3,7H2,1H3/t11-,13+;4-,6+/m00/s1. The van der Waals surface area contributed by atoms with Crippen LogP contribution in [-0.2, 0) is 39.9 Å². The van der Waals surface area contributed by atoms with Crippen molar-refractivity contribution in [2.24, 2.45) is 5.73 Å². The predicted molar refractivity (Wildman–Crippen MR) is 104 cm³/mol. The van der Waals surface area contributed by atoms with Gasteiger partial charge in [-0.15, -0.1) is 0 Å². The number of nitrogens with one attached hydrogen (secondary N) is 1. The van der Waals surface area contributed by atoms with Crippen molar-refractivity contribution < 1.29 is 38.1 Å². The summed E-state index contributed by atoms with van der Waals surface area (Å²) in [6.07, 6.45) is -1.49. The maximum Gasteiger partial charge on any atom is 0.407 e. The molecular weight excluding hydrogens is 396 g/mol. The van der Waals surface area contributed by atoms with Crippen molar-refractivity contribution in [1.29, 1.82) is 0 Å². The van der Waals surface area contributed by atoms with Gasteiger partial charge < -0.3 is 34.7 Å². The number of hydrogen-bond donors (Lipinski definition) is 2. The molecule has 10 heteroatoms. The number of alkyl carbamates (subject to hydrolysis) is 1. The number of ether oxygens (including phenoxy) is 5. The van der Waals surface area contributed by atoms with Gasteiger partial charge in [0.15, 0.2) is 0 Å². The monoisotopic (exact) mass is 424 g/mol. The van der Waals surface area contributed by atoms with Crippen molar-refractivity contribution >= 4 is 18.0 Å². The van der Waals surface area contributed by atoms with Gasteiger partial charge in [0.05, 0.1) is 18.9 Å². The van der Waals surface area contributed by atoms with E-state index in [1.54, 1.807) is 6.92 Å². The molecule has 4 atom stereocenters. The van der Waals surface area contributed by atoms with Crippen LogP contribution in [0.3, 0.4) is 0 Å². The largest absolute Gasteiger partial charge is 0.445 e. The van der Waals surface area contributed by atoms with E-state index in [0.717, 1.165) is 5.56 Å². The SMILES string of the molecule is CCO[C@@H]1OC(=O)C[C@@H]1N.CCO[C@@H]1OC(=O)C[C@@H]1NC(=O)OCc1ccccc1. The van der Waals surface area contributed by atoms with Crippen LogP contribution < -0.4 is 11.1 Å². The number of cyclic esters (lactones) is 2. The van der Waals surface area contributed by atoms with E-state index >= 15 is 0 Å². The highest BCUT2D eigenvalue weighted by molar-refractivity contribution is 5.75. The quantitative estimate of drug-likeness (QED) is 0.489. The summed E-state index contributed by atoms with van der Waals surface area (Å²) in [4.78, 5) is 33.4. The fourth-order valence-corrected chi connectivity index (χ4v) is 2.76. The Morgan fingerprint density at radius 1 is 1.03 bits per heavy atom. The molecule has 0 unspecified atom stereocenters. The highest BCUT2D eigenvalue weighted by Crippen LogP contribution is 2.16. The smallest absolute Gasteiger partial charge is 0.407 e. The average Bonchev–Trinajstić information content (AvgIpc) is 3.22. The van der Waals surface area contributed by atoms with E-state index in [1.807, 2.05) is 37.3 Å². The van der Waals surface area contributed by atoms with Gasteiger partial charge in [0.25, 0.3) is 0 Å². The molecule has 2 heterocycles. The number of nitrogens with two attached hydrogens (primary N) is 1. The first-order valence-corrected chi connectivity index (χ1v) is 9.77. The molecule has 2 aliphatic rings. The van der Waals surface area contributed by atoms with E-state index in [1.165, 1.54) is 0 Å². The Balaban J connectivity index is 0.000000269. The highest BCUT2D eigenvalue weighted by atomic mass is 16.7. The summed E-state index contributed by atoms with van der Waals surface area (Å²) in [7, 11) is 0. The van der Waals surface area contributed by atoms with Crippen molar-refractivity contribution in [2.45, 2.75) is 58.0 Å². The first-order chi connectivity index (χ1) is 14.4. The molecule has 1 aromatic carbocycles. The lowest BCUT2D eigenvalue weighted by Gasteiger charge is -2.18. The number of carbonyl (C=O) groups is 3. The maximum atomic E-state index is 11.7. The lowest BCUT2D eigenvalue weighted by atomic mass is 10.2. The second-order valence-corrected chi connectivity index (χ2v) is 6.51. The lowest BCUT2D eigenvalue weighted by molar-refractivity contribution is -0.164. The number of benzene rings is 1. The van der Waals surface area contributed by atoms with Gasteiger partial charge in [0.2, 0.25) is 12.6 Å². The Kier molecular flexibility index (Phi) is 9.52. The first-order valence-electron chi connectivity index (χ1n) is 9.77. The van der Waals surface area contributed by atoms with Crippen LogP contribution in [0.25, 0.3) is 0 Å². The minimum atomic E-state index is -0.739. The van der Waals surface area contributed by atoms with Crippen LogP contribution in [-0.4, -0.2) is 55.9 Å². The zero-order valence-corrected chi connectivity index (χ0v) is 17.1. The highest BCUT2D eigenvalue weighted by Gasteiger charge is 2.37. The van der Waals surface area contributed by atoms with Gasteiger partial charge in [0, 0.05) is 13.2 Å². The predicted octanol–water partition coefficient (Wildman–Crippen LogP) is 1.21. The molecule has 10 nitrogen and oxygen atoms in total. The second kappa shape index (κ2) is 12.1. The van der Waals surface area contributed by atoms with Gasteiger partial charge >= 0.3 is 18.0 Å². The third-order valence-electron chi connectivity index (χ3n) is 4.14. The summed E-state index contributed by atoms with van der Waals surface area (Å²) < 4.78 is 25.0. The Hall–Kier alpha value is -2.69. The van der Waals surface area contributed by atoms with Crippen molar-refractivity contribution in [3.05, 3.63) is 35.9 Å². The normalized spacial score (nSPS) is 25.0. The molecule has 0 spiro atoms. The molecule has 0 radical (unpaired) electrons. The molecule has 1 amide bonds. The van der Waals surface area contributed by atoms with Gasteiger partial charge in [-0.1, -0.05) is 30.3 Å². The molecular formula is C20H28N2O8. The lowest BCUT2D eigenvalue weighted by Crippen LogP contribution is -2.41. The molecule has 0 aliphatic carbocycles. The number of esters is 2. The topological polar surface area (TPSA) is 135 Å². The number of rotatable bonds is 7. The fraction of sp³-hybridized carbons (Fsp3) is 0.550. The third kappa shape index (κ3) is 7.62. The Morgan fingerprint density at radius 2 is 1.63 bits per heavy atom. The summed E-state index contributed by atoms with van der Waals surface area (Å²) in [5.74, 6) is -0.664. The van der Waals surface area contributed by atoms with Crippen LogP contribution in [0.4, 0.5) is 4.79 Å². The zero-order valence-electron chi connectivity index (χ0n) is 17.1. The number of carbonyl (C=O) groups excluding carboxylic acids is 3. The van der Waals surface area contributed by atoms with E-state index in [-0.39, 0.29) is 31.5 Å². The maximum absolute atomic E-state index is 11.7. The summed E-state index contributed by atoms with van der Waals surface area (Å²) in [6.45, 7) is 4.71. The van der Waals surface area contributed by atoms with Crippen LogP contribution in [0.15, 0.2) is 30.3 Å². The van der Waals surface area contributed by atoms with Gasteiger partial charge in [-0.25, -0.2) is 4.79 Å².